The van der Waals surface area contributed by atoms with E-state index in [0.29, 0.717) is 13.2 Å². The second-order valence-corrected chi connectivity index (χ2v) is 7.43. The minimum absolute atomic E-state index is 0.156. The van der Waals surface area contributed by atoms with Crippen LogP contribution in [0.25, 0.3) is 22.0 Å². The summed E-state index contributed by atoms with van der Waals surface area (Å²) in [5, 5.41) is 4.57. The number of hydrogen-bond acceptors (Lipinski definition) is 5. The topological polar surface area (TPSA) is 55.7 Å². The minimum Gasteiger partial charge on any atom is -0.494 e. The molecule has 0 spiro atoms. The summed E-state index contributed by atoms with van der Waals surface area (Å²) in [6.45, 7) is 3.47. The standard InChI is InChI=1S/C25H27N3O2/c1-17-7-4-5-9-20(17)19-13-21-23(27-11-12-29-2)15-22(18-8-6-10-26-16-18)28-25(21)24(14-19)30-3/h4-7,9-10,13-16,18H,8,11-12H2,1-3H3,(H,27,28). The molecule has 0 saturated heterocycles. The van der Waals surface area contributed by atoms with E-state index in [1.54, 1.807) is 14.2 Å². The van der Waals surface area contributed by atoms with Gasteiger partial charge in [-0.1, -0.05) is 30.3 Å². The maximum absolute atomic E-state index is 5.79. The summed E-state index contributed by atoms with van der Waals surface area (Å²) in [5.41, 5.74) is 6.40. The normalized spacial score (nSPS) is 15.5. The molecule has 0 aliphatic carbocycles. The Morgan fingerprint density at radius 2 is 2.00 bits per heavy atom. The molecule has 1 aliphatic rings. The third-order valence-corrected chi connectivity index (χ3v) is 5.42. The fourth-order valence-electron chi connectivity index (χ4n) is 3.83. The molecule has 2 heterocycles. The average molecular weight is 402 g/mol. The number of rotatable bonds is 7. The van der Waals surface area contributed by atoms with Gasteiger partial charge in [-0.25, -0.2) is 4.98 Å². The van der Waals surface area contributed by atoms with Gasteiger partial charge in [0.1, 0.15) is 11.3 Å². The molecule has 0 amide bonds. The van der Waals surface area contributed by atoms with Crippen molar-refractivity contribution in [3.05, 3.63) is 66.0 Å². The van der Waals surface area contributed by atoms with Crippen molar-refractivity contribution >= 4 is 22.8 Å². The van der Waals surface area contributed by atoms with E-state index in [4.69, 9.17) is 14.5 Å². The Balaban J connectivity index is 1.89. The number of hydrogen-bond donors (Lipinski definition) is 1. The number of aromatic nitrogens is 1. The fourth-order valence-corrected chi connectivity index (χ4v) is 3.83. The van der Waals surface area contributed by atoms with Crippen LogP contribution in [0.4, 0.5) is 5.69 Å². The summed E-state index contributed by atoms with van der Waals surface area (Å²) in [4.78, 5) is 9.30. The second kappa shape index (κ2) is 9.09. The van der Waals surface area contributed by atoms with Crippen molar-refractivity contribution < 1.29 is 9.47 Å². The van der Waals surface area contributed by atoms with E-state index in [9.17, 15) is 0 Å². The van der Waals surface area contributed by atoms with Gasteiger partial charge in [0.05, 0.1) is 19.4 Å². The van der Waals surface area contributed by atoms with Crippen LogP contribution in [0.3, 0.4) is 0 Å². The first-order valence-corrected chi connectivity index (χ1v) is 10.2. The number of methoxy groups -OCH3 is 2. The zero-order valence-electron chi connectivity index (χ0n) is 17.7. The van der Waals surface area contributed by atoms with Crippen LogP contribution in [0.15, 0.2) is 59.7 Å². The summed E-state index contributed by atoms with van der Waals surface area (Å²) >= 11 is 0. The van der Waals surface area contributed by atoms with E-state index in [1.807, 2.05) is 12.4 Å². The Kier molecular flexibility index (Phi) is 6.10. The first-order chi connectivity index (χ1) is 14.7. The van der Waals surface area contributed by atoms with Crippen molar-refractivity contribution in [3.63, 3.8) is 0 Å². The summed E-state index contributed by atoms with van der Waals surface area (Å²) in [6, 6.07) is 14.8. The zero-order valence-corrected chi connectivity index (χ0v) is 17.7. The number of anilines is 1. The van der Waals surface area contributed by atoms with Gasteiger partial charge < -0.3 is 14.8 Å². The summed E-state index contributed by atoms with van der Waals surface area (Å²) in [7, 11) is 3.41. The van der Waals surface area contributed by atoms with E-state index in [1.165, 1.54) is 11.1 Å². The minimum atomic E-state index is 0.156. The first kappa shape index (κ1) is 20.1. The van der Waals surface area contributed by atoms with Crippen molar-refractivity contribution in [2.45, 2.75) is 19.3 Å². The van der Waals surface area contributed by atoms with Crippen LogP contribution in [-0.4, -0.2) is 38.6 Å². The predicted molar refractivity (Wildman–Crippen MR) is 124 cm³/mol. The smallest absolute Gasteiger partial charge is 0.145 e. The monoisotopic (exact) mass is 401 g/mol. The molecule has 4 rings (SSSR count). The molecule has 5 nitrogen and oxygen atoms in total. The number of nitrogens with zero attached hydrogens (tertiary/aromatic N) is 2. The number of aryl methyl sites for hydroxylation is 1. The molecule has 0 saturated carbocycles. The number of fused-ring (bicyclic) bond motifs is 1. The summed E-state index contributed by atoms with van der Waals surface area (Å²) < 4.78 is 11.0. The molecule has 30 heavy (non-hydrogen) atoms. The molecule has 1 aromatic heterocycles. The lowest BCUT2D eigenvalue weighted by Gasteiger charge is -2.19. The molecule has 1 N–H and O–H groups in total. The quantitative estimate of drug-likeness (QED) is 0.542. The molecule has 3 aromatic rings. The molecule has 5 heteroatoms. The summed E-state index contributed by atoms with van der Waals surface area (Å²) in [6.07, 6.45) is 6.77. The van der Waals surface area contributed by atoms with Crippen LogP contribution in [0, 0.1) is 6.92 Å². The maximum atomic E-state index is 5.79. The summed E-state index contributed by atoms with van der Waals surface area (Å²) in [5.74, 6) is 0.925. The van der Waals surface area contributed by atoms with Gasteiger partial charge in [0.15, 0.2) is 0 Å². The highest BCUT2D eigenvalue weighted by Crippen LogP contribution is 2.38. The van der Waals surface area contributed by atoms with Crippen molar-refractivity contribution in [1.29, 1.82) is 0 Å². The lowest BCUT2D eigenvalue weighted by Crippen LogP contribution is -2.11. The molecule has 1 atom stereocenters. The van der Waals surface area contributed by atoms with E-state index in [-0.39, 0.29) is 5.92 Å². The zero-order chi connectivity index (χ0) is 20.9. The van der Waals surface area contributed by atoms with Crippen molar-refractivity contribution in [1.82, 2.24) is 4.98 Å². The van der Waals surface area contributed by atoms with Gasteiger partial charge in [-0.3, -0.25) is 4.99 Å². The Hall–Kier alpha value is -3.18. The first-order valence-electron chi connectivity index (χ1n) is 10.2. The highest BCUT2D eigenvalue weighted by molar-refractivity contribution is 5.99. The SMILES string of the molecule is COCCNc1cc(C2C=NC=CC2)nc2c(OC)cc(-c3ccccc3C)cc12. The second-order valence-electron chi connectivity index (χ2n) is 7.43. The molecule has 1 aliphatic heterocycles. The van der Waals surface area contributed by atoms with Gasteiger partial charge in [0.2, 0.25) is 0 Å². The van der Waals surface area contributed by atoms with Gasteiger partial charge in [0, 0.05) is 43.1 Å². The van der Waals surface area contributed by atoms with Crippen molar-refractivity contribution in [2.75, 3.05) is 32.7 Å². The molecule has 0 bridgehead atoms. The van der Waals surface area contributed by atoms with Gasteiger partial charge >= 0.3 is 0 Å². The molecular formula is C25H27N3O2. The van der Waals surface area contributed by atoms with E-state index >= 15 is 0 Å². The van der Waals surface area contributed by atoms with Gasteiger partial charge in [-0.2, -0.15) is 0 Å². The van der Waals surface area contributed by atoms with E-state index in [0.717, 1.165) is 40.0 Å². The third-order valence-electron chi connectivity index (χ3n) is 5.42. The largest absolute Gasteiger partial charge is 0.494 e. The van der Waals surface area contributed by atoms with Crippen LogP contribution in [0.5, 0.6) is 5.75 Å². The van der Waals surface area contributed by atoms with Crippen LogP contribution in [0.2, 0.25) is 0 Å². The number of allylic oxidation sites excluding steroid dienone is 1. The Labute approximate surface area is 177 Å². The van der Waals surface area contributed by atoms with Gasteiger partial charge in [0.25, 0.3) is 0 Å². The van der Waals surface area contributed by atoms with E-state index < -0.39 is 0 Å². The fraction of sp³-hybridized carbons (Fsp3) is 0.280. The Morgan fingerprint density at radius 3 is 2.73 bits per heavy atom. The van der Waals surface area contributed by atoms with E-state index in [2.05, 4.69) is 65.8 Å². The highest BCUT2D eigenvalue weighted by Gasteiger charge is 2.18. The molecule has 0 fully saturated rings. The van der Waals surface area contributed by atoms with Crippen LogP contribution >= 0.6 is 0 Å². The lowest BCUT2D eigenvalue weighted by molar-refractivity contribution is 0.211. The number of benzene rings is 2. The Morgan fingerprint density at radius 1 is 1.13 bits per heavy atom. The average Bonchev–Trinajstić information content (AvgIpc) is 2.79. The highest BCUT2D eigenvalue weighted by atomic mass is 16.5. The molecule has 0 radical (unpaired) electrons. The molecule has 1 unspecified atom stereocenters. The van der Waals surface area contributed by atoms with Gasteiger partial charge in [-0.05, 0) is 48.2 Å². The van der Waals surface area contributed by atoms with Crippen LogP contribution in [0.1, 0.15) is 23.6 Å². The number of pyridine rings is 1. The number of ether oxygens (including phenoxy) is 2. The molecule has 154 valence electrons. The van der Waals surface area contributed by atoms with Crippen molar-refractivity contribution in [2.24, 2.45) is 4.99 Å². The molecular weight excluding hydrogens is 374 g/mol. The van der Waals surface area contributed by atoms with Crippen LogP contribution < -0.4 is 10.1 Å². The number of aliphatic imine (C=N–C) groups is 1. The third kappa shape index (κ3) is 4.07. The predicted octanol–water partition coefficient (Wildman–Crippen LogP) is 5.35. The maximum Gasteiger partial charge on any atom is 0.145 e. The van der Waals surface area contributed by atoms with Crippen LogP contribution in [-0.2, 0) is 4.74 Å². The molecule has 2 aromatic carbocycles. The van der Waals surface area contributed by atoms with Gasteiger partial charge in [-0.15, -0.1) is 0 Å². The lowest BCUT2D eigenvalue weighted by atomic mass is 9.96. The number of nitrogens with one attached hydrogen (secondary N) is 1. The van der Waals surface area contributed by atoms with Crippen molar-refractivity contribution in [3.8, 4) is 16.9 Å². The Bertz CT molecular complexity index is 1100.